The van der Waals surface area contributed by atoms with Gasteiger partial charge in [-0.2, -0.15) is 0 Å². The third kappa shape index (κ3) is 5.68. The van der Waals surface area contributed by atoms with Crippen LogP contribution in [-0.2, 0) is 0 Å². The molecular formula is C17H29N. The summed E-state index contributed by atoms with van der Waals surface area (Å²) in [6.45, 7) is 7.66. The van der Waals surface area contributed by atoms with Crippen LogP contribution in [0.15, 0.2) is 24.3 Å². The minimum absolute atomic E-state index is 0.539. The number of hydrogen-bond donors (Lipinski definition) is 1. The molecule has 1 unspecified atom stereocenters. The number of benzene rings is 1. The lowest BCUT2D eigenvalue weighted by Crippen LogP contribution is -2.20. The minimum atomic E-state index is 0.539. The van der Waals surface area contributed by atoms with Gasteiger partial charge in [0.2, 0.25) is 0 Å². The highest BCUT2D eigenvalue weighted by atomic mass is 14.9. The van der Waals surface area contributed by atoms with Crippen molar-refractivity contribution in [1.82, 2.24) is 5.32 Å². The Hall–Kier alpha value is -0.820. The Morgan fingerprint density at radius 1 is 0.944 bits per heavy atom. The molecular weight excluding hydrogens is 218 g/mol. The fourth-order valence-electron chi connectivity index (χ4n) is 2.38. The smallest absolute Gasteiger partial charge is 0.0320 e. The van der Waals surface area contributed by atoms with E-state index in [0.29, 0.717) is 6.04 Å². The maximum Gasteiger partial charge on any atom is 0.0320 e. The zero-order valence-corrected chi connectivity index (χ0v) is 12.3. The maximum atomic E-state index is 3.61. The van der Waals surface area contributed by atoms with Gasteiger partial charge in [0.15, 0.2) is 0 Å². The summed E-state index contributed by atoms with van der Waals surface area (Å²) in [5, 5.41) is 3.61. The molecule has 102 valence electrons. The number of nitrogens with one attached hydrogen (secondary N) is 1. The molecule has 1 atom stereocenters. The molecule has 1 N–H and O–H groups in total. The largest absolute Gasteiger partial charge is 0.310 e. The molecule has 0 aliphatic rings. The van der Waals surface area contributed by atoms with E-state index in [2.05, 4.69) is 50.4 Å². The molecule has 1 aromatic carbocycles. The van der Waals surface area contributed by atoms with E-state index < -0.39 is 0 Å². The van der Waals surface area contributed by atoms with Gasteiger partial charge in [-0.05, 0) is 25.5 Å². The molecule has 0 heterocycles. The topological polar surface area (TPSA) is 12.0 Å². The fraction of sp³-hybridized carbons (Fsp3) is 0.647. The van der Waals surface area contributed by atoms with Crippen LogP contribution in [0.4, 0.5) is 0 Å². The molecule has 0 radical (unpaired) electrons. The van der Waals surface area contributed by atoms with Crippen LogP contribution < -0.4 is 5.32 Å². The number of rotatable bonds is 9. The average Bonchev–Trinajstić information content (AvgIpc) is 2.38. The van der Waals surface area contributed by atoms with Crippen LogP contribution in [0.2, 0.25) is 0 Å². The van der Waals surface area contributed by atoms with Crippen molar-refractivity contribution in [3.8, 4) is 0 Å². The summed E-state index contributed by atoms with van der Waals surface area (Å²) in [6, 6.07) is 9.52. The first-order valence-corrected chi connectivity index (χ1v) is 7.57. The number of hydrogen-bond acceptors (Lipinski definition) is 1. The zero-order chi connectivity index (χ0) is 13.2. The minimum Gasteiger partial charge on any atom is -0.310 e. The van der Waals surface area contributed by atoms with E-state index in [1.165, 1.54) is 49.7 Å². The first kappa shape index (κ1) is 15.2. The molecule has 18 heavy (non-hydrogen) atoms. The van der Waals surface area contributed by atoms with E-state index in [1.54, 1.807) is 0 Å². The van der Waals surface area contributed by atoms with Gasteiger partial charge in [0.05, 0.1) is 0 Å². The lowest BCUT2D eigenvalue weighted by molar-refractivity contribution is 0.479. The summed E-state index contributed by atoms with van der Waals surface area (Å²) < 4.78 is 0. The van der Waals surface area contributed by atoms with Gasteiger partial charge in [-0.25, -0.2) is 0 Å². The van der Waals surface area contributed by atoms with Crippen LogP contribution in [0.1, 0.15) is 69.5 Å². The summed E-state index contributed by atoms with van der Waals surface area (Å²) >= 11 is 0. The standard InChI is InChI=1S/C17H29N/c1-4-6-7-8-9-10-17(18-5-2)16-13-11-15(3)12-14-16/h11-14,17-18H,4-10H2,1-3H3. The second-order valence-electron chi connectivity index (χ2n) is 5.22. The highest BCUT2D eigenvalue weighted by Crippen LogP contribution is 2.20. The average molecular weight is 247 g/mol. The van der Waals surface area contributed by atoms with Crippen LogP contribution in [0.3, 0.4) is 0 Å². The van der Waals surface area contributed by atoms with Gasteiger partial charge in [-0.15, -0.1) is 0 Å². The third-order valence-electron chi connectivity index (χ3n) is 3.53. The second-order valence-corrected chi connectivity index (χ2v) is 5.22. The lowest BCUT2D eigenvalue weighted by Gasteiger charge is -2.18. The lowest BCUT2D eigenvalue weighted by atomic mass is 9.99. The van der Waals surface area contributed by atoms with Gasteiger partial charge >= 0.3 is 0 Å². The Kier molecular flexibility index (Phi) is 7.75. The zero-order valence-electron chi connectivity index (χ0n) is 12.3. The first-order chi connectivity index (χ1) is 8.77. The molecule has 0 aliphatic heterocycles. The molecule has 0 saturated carbocycles. The maximum absolute atomic E-state index is 3.61. The summed E-state index contributed by atoms with van der Waals surface area (Å²) in [5.41, 5.74) is 2.79. The summed E-state index contributed by atoms with van der Waals surface area (Å²) in [5.74, 6) is 0. The molecule has 0 fully saturated rings. The molecule has 0 amide bonds. The Labute approximate surface area is 113 Å². The third-order valence-corrected chi connectivity index (χ3v) is 3.53. The summed E-state index contributed by atoms with van der Waals surface area (Å²) in [4.78, 5) is 0. The number of unbranched alkanes of at least 4 members (excludes halogenated alkanes) is 4. The van der Waals surface area contributed by atoms with Gasteiger partial charge in [0.25, 0.3) is 0 Å². The fourth-order valence-corrected chi connectivity index (χ4v) is 2.38. The van der Waals surface area contributed by atoms with Crippen molar-refractivity contribution in [2.75, 3.05) is 6.54 Å². The predicted molar refractivity (Wildman–Crippen MR) is 81.0 cm³/mol. The van der Waals surface area contributed by atoms with E-state index >= 15 is 0 Å². The first-order valence-electron chi connectivity index (χ1n) is 7.57. The van der Waals surface area contributed by atoms with Gasteiger partial charge < -0.3 is 5.32 Å². The monoisotopic (exact) mass is 247 g/mol. The van der Waals surface area contributed by atoms with Crippen molar-refractivity contribution in [3.05, 3.63) is 35.4 Å². The molecule has 1 aromatic rings. The van der Waals surface area contributed by atoms with E-state index in [-0.39, 0.29) is 0 Å². The van der Waals surface area contributed by atoms with Crippen molar-refractivity contribution in [1.29, 1.82) is 0 Å². The Morgan fingerprint density at radius 3 is 2.22 bits per heavy atom. The highest BCUT2D eigenvalue weighted by Gasteiger charge is 2.09. The van der Waals surface area contributed by atoms with Crippen molar-refractivity contribution < 1.29 is 0 Å². The van der Waals surface area contributed by atoms with Crippen LogP contribution in [0.5, 0.6) is 0 Å². The van der Waals surface area contributed by atoms with Crippen molar-refractivity contribution in [2.45, 2.75) is 65.3 Å². The van der Waals surface area contributed by atoms with E-state index in [9.17, 15) is 0 Å². The summed E-state index contributed by atoms with van der Waals surface area (Å²) in [7, 11) is 0. The molecule has 0 bridgehead atoms. The van der Waals surface area contributed by atoms with E-state index in [4.69, 9.17) is 0 Å². The molecule has 1 nitrogen and oxygen atoms in total. The molecule has 0 saturated heterocycles. The van der Waals surface area contributed by atoms with Crippen LogP contribution >= 0.6 is 0 Å². The van der Waals surface area contributed by atoms with Crippen LogP contribution in [0, 0.1) is 6.92 Å². The Morgan fingerprint density at radius 2 is 1.61 bits per heavy atom. The van der Waals surface area contributed by atoms with Gasteiger partial charge in [0, 0.05) is 6.04 Å². The normalized spacial score (nSPS) is 12.6. The Balaban J connectivity index is 2.41. The van der Waals surface area contributed by atoms with Crippen molar-refractivity contribution >= 4 is 0 Å². The molecule has 1 heteroatoms. The van der Waals surface area contributed by atoms with Crippen LogP contribution in [-0.4, -0.2) is 6.54 Å². The quantitative estimate of drug-likeness (QED) is 0.605. The SMILES string of the molecule is CCCCCCCC(NCC)c1ccc(C)cc1. The number of aryl methyl sites for hydroxylation is 1. The molecule has 0 aliphatic carbocycles. The molecule has 0 aromatic heterocycles. The van der Waals surface area contributed by atoms with Crippen LogP contribution in [0.25, 0.3) is 0 Å². The van der Waals surface area contributed by atoms with Crippen molar-refractivity contribution in [2.24, 2.45) is 0 Å². The van der Waals surface area contributed by atoms with E-state index in [0.717, 1.165) is 6.54 Å². The van der Waals surface area contributed by atoms with Crippen molar-refractivity contribution in [3.63, 3.8) is 0 Å². The second kappa shape index (κ2) is 9.16. The Bertz CT molecular complexity index is 302. The predicted octanol–water partition coefficient (Wildman–Crippen LogP) is 5.01. The highest BCUT2D eigenvalue weighted by molar-refractivity contribution is 5.24. The van der Waals surface area contributed by atoms with Gasteiger partial charge in [0.1, 0.15) is 0 Å². The molecule has 0 spiro atoms. The van der Waals surface area contributed by atoms with Gasteiger partial charge in [-0.1, -0.05) is 75.8 Å². The van der Waals surface area contributed by atoms with Gasteiger partial charge in [-0.3, -0.25) is 0 Å². The van der Waals surface area contributed by atoms with E-state index in [1.807, 2.05) is 0 Å². The summed E-state index contributed by atoms with van der Waals surface area (Å²) in [6.07, 6.45) is 8.09. The molecule has 1 rings (SSSR count).